The second-order valence-electron chi connectivity index (χ2n) is 8.86. The van der Waals surface area contributed by atoms with Crippen LogP contribution < -0.4 is 0 Å². The first-order chi connectivity index (χ1) is 13.7. The Morgan fingerprint density at radius 1 is 1.00 bits per heavy atom. The van der Waals surface area contributed by atoms with E-state index in [1.807, 2.05) is 0 Å². The zero-order chi connectivity index (χ0) is 19.8. The van der Waals surface area contributed by atoms with E-state index in [1.54, 1.807) is 7.11 Å². The highest BCUT2D eigenvalue weighted by Gasteiger charge is 2.24. The van der Waals surface area contributed by atoms with Crippen molar-refractivity contribution >= 4 is 10.8 Å². The average molecular weight is 383 g/mol. The van der Waals surface area contributed by atoms with Crippen LogP contribution in [0.1, 0.15) is 75.3 Å². The van der Waals surface area contributed by atoms with Gasteiger partial charge in [-0.15, -0.1) is 0 Å². The van der Waals surface area contributed by atoms with Crippen LogP contribution in [0.2, 0.25) is 0 Å². The molecule has 1 fully saturated rings. The number of benzene rings is 2. The number of aliphatic hydroxyl groups is 1. The van der Waals surface area contributed by atoms with Crippen LogP contribution in [0.3, 0.4) is 0 Å². The quantitative estimate of drug-likeness (QED) is 0.476. The fourth-order valence-electron chi connectivity index (χ4n) is 4.94. The molecule has 0 radical (unpaired) electrons. The minimum Gasteiger partial charge on any atom is -0.396 e. The molecular weight excluding hydrogens is 344 g/mol. The molecule has 1 unspecified atom stereocenters. The zero-order valence-electron chi connectivity index (χ0n) is 17.8. The molecule has 154 valence electrons. The summed E-state index contributed by atoms with van der Waals surface area (Å²) in [4.78, 5) is 0. The van der Waals surface area contributed by atoms with Crippen LogP contribution in [0.25, 0.3) is 10.8 Å². The van der Waals surface area contributed by atoms with Gasteiger partial charge in [-0.2, -0.15) is 0 Å². The number of rotatable bonds is 10. The molecule has 0 spiro atoms. The summed E-state index contributed by atoms with van der Waals surface area (Å²) in [7, 11) is 1.73. The summed E-state index contributed by atoms with van der Waals surface area (Å²) < 4.78 is 5.24. The van der Waals surface area contributed by atoms with Gasteiger partial charge in [-0.05, 0) is 78.7 Å². The summed E-state index contributed by atoms with van der Waals surface area (Å²) in [6.07, 6.45) is 11.3. The van der Waals surface area contributed by atoms with E-state index in [1.165, 1.54) is 73.3 Å². The highest BCUT2D eigenvalue weighted by molar-refractivity contribution is 5.84. The second kappa shape index (κ2) is 11.0. The van der Waals surface area contributed by atoms with Gasteiger partial charge < -0.3 is 9.84 Å². The lowest BCUT2D eigenvalue weighted by atomic mass is 9.75. The molecule has 0 saturated heterocycles. The number of unbranched alkanes of at least 4 members (excludes halogenated alkanes) is 2. The Morgan fingerprint density at radius 3 is 2.46 bits per heavy atom. The van der Waals surface area contributed by atoms with Gasteiger partial charge in [0.25, 0.3) is 0 Å². The van der Waals surface area contributed by atoms with Crippen LogP contribution >= 0.6 is 0 Å². The maximum atomic E-state index is 9.52. The van der Waals surface area contributed by atoms with E-state index < -0.39 is 0 Å². The first-order valence-corrected chi connectivity index (χ1v) is 11.4. The molecule has 28 heavy (non-hydrogen) atoms. The number of methoxy groups -OCH3 is 1. The number of aliphatic hydroxyl groups excluding tert-OH is 1. The lowest BCUT2D eigenvalue weighted by molar-refractivity contribution is 0.0889. The van der Waals surface area contributed by atoms with E-state index in [2.05, 4.69) is 43.3 Å². The Kier molecular flexibility index (Phi) is 8.36. The van der Waals surface area contributed by atoms with Gasteiger partial charge in [0.2, 0.25) is 0 Å². The van der Waals surface area contributed by atoms with Gasteiger partial charge in [-0.3, -0.25) is 0 Å². The fraction of sp³-hybridized carbons (Fsp3) is 0.615. The molecule has 3 rings (SSSR count). The molecule has 2 aromatic rings. The van der Waals surface area contributed by atoms with Gasteiger partial charge in [0.1, 0.15) is 0 Å². The topological polar surface area (TPSA) is 29.5 Å². The molecule has 0 aromatic heterocycles. The SMILES string of the molecule is CCCCCc1ccc2cc(C3CCC(CC(CO)COC)CC3)ccc2c1. The number of hydrogen-bond donors (Lipinski definition) is 1. The van der Waals surface area contributed by atoms with Crippen LogP contribution in [0.5, 0.6) is 0 Å². The van der Waals surface area contributed by atoms with Crippen LogP contribution in [-0.2, 0) is 11.2 Å². The molecule has 2 nitrogen and oxygen atoms in total. The highest BCUT2D eigenvalue weighted by atomic mass is 16.5. The zero-order valence-corrected chi connectivity index (χ0v) is 17.8. The number of fused-ring (bicyclic) bond motifs is 1. The summed E-state index contributed by atoms with van der Waals surface area (Å²) >= 11 is 0. The molecule has 1 N–H and O–H groups in total. The van der Waals surface area contributed by atoms with Crippen molar-refractivity contribution in [2.45, 2.75) is 70.6 Å². The predicted molar refractivity (Wildman–Crippen MR) is 119 cm³/mol. The number of aryl methyl sites for hydroxylation is 1. The molecule has 2 aromatic carbocycles. The van der Waals surface area contributed by atoms with Crippen LogP contribution in [0, 0.1) is 11.8 Å². The Balaban J connectivity index is 1.58. The van der Waals surface area contributed by atoms with Crippen molar-refractivity contribution in [2.24, 2.45) is 11.8 Å². The molecule has 2 heteroatoms. The Labute approximate surface area is 171 Å². The first kappa shape index (κ1) is 21.3. The second-order valence-corrected chi connectivity index (χ2v) is 8.86. The van der Waals surface area contributed by atoms with Crippen molar-refractivity contribution in [2.75, 3.05) is 20.3 Å². The Hall–Kier alpha value is -1.38. The molecule has 0 heterocycles. The van der Waals surface area contributed by atoms with E-state index in [-0.39, 0.29) is 6.61 Å². The summed E-state index contributed by atoms with van der Waals surface area (Å²) in [5.74, 6) is 1.74. The summed E-state index contributed by atoms with van der Waals surface area (Å²) in [5.41, 5.74) is 2.99. The third kappa shape index (κ3) is 5.81. The maximum Gasteiger partial charge on any atom is 0.0512 e. The van der Waals surface area contributed by atoms with Crippen LogP contribution in [0.15, 0.2) is 36.4 Å². The molecule has 1 atom stereocenters. The van der Waals surface area contributed by atoms with E-state index in [4.69, 9.17) is 4.74 Å². The normalized spacial score (nSPS) is 21.1. The molecule has 0 bridgehead atoms. The van der Waals surface area contributed by atoms with Crippen molar-refractivity contribution in [3.8, 4) is 0 Å². The maximum absolute atomic E-state index is 9.52. The predicted octanol–water partition coefficient (Wildman–Crippen LogP) is 6.49. The molecule has 0 amide bonds. The largest absolute Gasteiger partial charge is 0.396 e. The summed E-state index contributed by atoms with van der Waals surface area (Å²) in [6.45, 7) is 3.19. The Bertz CT molecular complexity index is 715. The van der Waals surface area contributed by atoms with E-state index in [0.717, 1.165) is 12.3 Å². The minimum absolute atomic E-state index is 0.249. The lowest BCUT2D eigenvalue weighted by Crippen LogP contribution is -2.21. The van der Waals surface area contributed by atoms with Gasteiger partial charge in [0.15, 0.2) is 0 Å². The lowest BCUT2D eigenvalue weighted by Gasteiger charge is -2.30. The van der Waals surface area contributed by atoms with E-state index >= 15 is 0 Å². The first-order valence-electron chi connectivity index (χ1n) is 11.4. The van der Waals surface area contributed by atoms with Gasteiger partial charge in [-0.25, -0.2) is 0 Å². The Morgan fingerprint density at radius 2 is 1.75 bits per heavy atom. The van der Waals surface area contributed by atoms with Crippen molar-refractivity contribution in [3.05, 3.63) is 47.5 Å². The number of hydrogen-bond acceptors (Lipinski definition) is 2. The van der Waals surface area contributed by atoms with E-state index in [9.17, 15) is 5.11 Å². The average Bonchev–Trinajstić information content (AvgIpc) is 2.73. The fourth-order valence-corrected chi connectivity index (χ4v) is 4.94. The van der Waals surface area contributed by atoms with Gasteiger partial charge in [0.05, 0.1) is 6.61 Å². The van der Waals surface area contributed by atoms with Crippen molar-refractivity contribution in [3.63, 3.8) is 0 Å². The summed E-state index contributed by atoms with van der Waals surface area (Å²) in [5, 5.41) is 12.3. The third-order valence-electron chi connectivity index (χ3n) is 6.64. The van der Waals surface area contributed by atoms with Crippen molar-refractivity contribution in [1.82, 2.24) is 0 Å². The molecule has 1 aliphatic rings. The van der Waals surface area contributed by atoms with Gasteiger partial charge in [0, 0.05) is 19.6 Å². The van der Waals surface area contributed by atoms with Crippen LogP contribution in [-0.4, -0.2) is 25.4 Å². The molecule has 1 aliphatic carbocycles. The van der Waals surface area contributed by atoms with Crippen molar-refractivity contribution < 1.29 is 9.84 Å². The van der Waals surface area contributed by atoms with E-state index in [0.29, 0.717) is 18.4 Å². The monoisotopic (exact) mass is 382 g/mol. The molecule has 1 saturated carbocycles. The number of ether oxygens (including phenoxy) is 1. The summed E-state index contributed by atoms with van der Waals surface area (Å²) in [6, 6.07) is 14.2. The third-order valence-corrected chi connectivity index (χ3v) is 6.64. The van der Waals surface area contributed by atoms with Crippen LogP contribution in [0.4, 0.5) is 0 Å². The van der Waals surface area contributed by atoms with Gasteiger partial charge >= 0.3 is 0 Å². The standard InChI is InChI=1S/C26H38O2/c1-3-4-5-6-20-9-12-26-17-25(14-13-24(26)16-20)23-10-7-21(8-11-23)15-22(18-27)19-28-2/h9,12-14,16-17,21-23,27H,3-8,10-11,15,18-19H2,1-2H3. The molecule has 0 aliphatic heterocycles. The minimum atomic E-state index is 0.249. The van der Waals surface area contributed by atoms with Crippen molar-refractivity contribution in [1.29, 1.82) is 0 Å². The highest BCUT2D eigenvalue weighted by Crippen LogP contribution is 2.39. The van der Waals surface area contributed by atoms with Gasteiger partial charge in [-0.1, -0.05) is 56.2 Å². The molecular formula is C26H38O2. The smallest absolute Gasteiger partial charge is 0.0512 e.